The molecular formula is C20H19ClN2O2. The van der Waals surface area contributed by atoms with Crippen LogP contribution >= 0.6 is 11.6 Å². The number of carbonyl (C=O) groups is 1. The summed E-state index contributed by atoms with van der Waals surface area (Å²) in [5.41, 5.74) is 1.38. The van der Waals surface area contributed by atoms with E-state index in [2.05, 4.69) is 10.3 Å². The van der Waals surface area contributed by atoms with E-state index in [0.717, 1.165) is 16.5 Å². The maximum Gasteiger partial charge on any atom is 0.270 e. The van der Waals surface area contributed by atoms with E-state index in [4.69, 9.17) is 16.3 Å². The van der Waals surface area contributed by atoms with Gasteiger partial charge in [0.15, 0.2) is 0 Å². The molecule has 128 valence electrons. The van der Waals surface area contributed by atoms with E-state index >= 15 is 0 Å². The van der Waals surface area contributed by atoms with Gasteiger partial charge in [0.25, 0.3) is 5.91 Å². The SMILES string of the molecule is COC(C)(CNC(=O)c1ccc2ccccc2n1)c1cccc(Cl)c1. The predicted octanol–water partition coefficient (Wildman–Crippen LogP) is 4.18. The largest absolute Gasteiger partial charge is 0.372 e. The maximum absolute atomic E-state index is 12.5. The molecule has 1 aromatic heterocycles. The molecular weight excluding hydrogens is 336 g/mol. The van der Waals surface area contributed by atoms with Crippen LogP contribution in [0, 0.1) is 0 Å². The number of fused-ring (bicyclic) bond motifs is 1. The molecule has 5 heteroatoms. The number of nitrogens with zero attached hydrogens (tertiary/aromatic N) is 1. The minimum Gasteiger partial charge on any atom is -0.372 e. The Morgan fingerprint density at radius 2 is 1.96 bits per heavy atom. The summed E-state index contributed by atoms with van der Waals surface area (Å²) in [7, 11) is 1.61. The number of carbonyl (C=O) groups excluding carboxylic acids is 1. The van der Waals surface area contributed by atoms with Crippen LogP contribution in [0.15, 0.2) is 60.7 Å². The molecule has 3 rings (SSSR count). The second-order valence-corrected chi connectivity index (χ2v) is 6.45. The number of rotatable bonds is 5. The smallest absolute Gasteiger partial charge is 0.270 e. The van der Waals surface area contributed by atoms with E-state index < -0.39 is 5.60 Å². The zero-order valence-electron chi connectivity index (χ0n) is 14.1. The summed E-state index contributed by atoms with van der Waals surface area (Å²) in [6, 6.07) is 18.7. The molecule has 0 saturated heterocycles. The number of amides is 1. The normalized spacial score (nSPS) is 13.4. The Morgan fingerprint density at radius 1 is 1.16 bits per heavy atom. The summed E-state index contributed by atoms with van der Waals surface area (Å²) in [6.07, 6.45) is 0. The molecule has 1 atom stereocenters. The fourth-order valence-corrected chi connectivity index (χ4v) is 2.83. The van der Waals surface area contributed by atoms with Crippen LogP contribution < -0.4 is 5.32 Å². The van der Waals surface area contributed by atoms with E-state index in [9.17, 15) is 4.79 Å². The van der Waals surface area contributed by atoms with Crippen LogP contribution in [0.3, 0.4) is 0 Å². The average molecular weight is 355 g/mol. The van der Waals surface area contributed by atoms with Gasteiger partial charge in [-0.25, -0.2) is 4.98 Å². The van der Waals surface area contributed by atoms with Gasteiger partial charge in [-0.05, 0) is 36.8 Å². The molecule has 1 amide bonds. The molecule has 1 unspecified atom stereocenters. The van der Waals surface area contributed by atoms with Gasteiger partial charge in [0.1, 0.15) is 11.3 Å². The van der Waals surface area contributed by atoms with Crippen molar-refractivity contribution in [3.8, 4) is 0 Å². The first-order valence-electron chi connectivity index (χ1n) is 7.97. The molecule has 0 aliphatic carbocycles. The first kappa shape index (κ1) is 17.4. The highest BCUT2D eigenvalue weighted by molar-refractivity contribution is 6.30. The number of benzene rings is 2. The van der Waals surface area contributed by atoms with Crippen molar-refractivity contribution >= 4 is 28.4 Å². The third-order valence-corrected chi connectivity index (χ3v) is 4.54. The summed E-state index contributed by atoms with van der Waals surface area (Å²) in [6.45, 7) is 2.21. The van der Waals surface area contributed by atoms with Gasteiger partial charge in [0.05, 0.1) is 12.1 Å². The number of hydrogen-bond donors (Lipinski definition) is 1. The third kappa shape index (κ3) is 3.81. The number of nitrogens with one attached hydrogen (secondary N) is 1. The number of para-hydroxylation sites is 1. The summed E-state index contributed by atoms with van der Waals surface area (Å²) in [5.74, 6) is -0.240. The maximum atomic E-state index is 12.5. The van der Waals surface area contributed by atoms with Crippen molar-refractivity contribution in [1.82, 2.24) is 10.3 Å². The summed E-state index contributed by atoms with van der Waals surface area (Å²) >= 11 is 6.07. The molecule has 4 nitrogen and oxygen atoms in total. The highest BCUT2D eigenvalue weighted by Crippen LogP contribution is 2.26. The molecule has 1 N–H and O–H groups in total. The molecule has 0 saturated carbocycles. The fraction of sp³-hybridized carbons (Fsp3) is 0.200. The number of hydrogen-bond acceptors (Lipinski definition) is 3. The number of pyridine rings is 1. The van der Waals surface area contributed by atoms with Crippen LogP contribution in [0.5, 0.6) is 0 Å². The Kier molecular flexibility index (Phi) is 5.02. The molecule has 0 radical (unpaired) electrons. The van der Waals surface area contributed by atoms with Crippen molar-refractivity contribution in [2.75, 3.05) is 13.7 Å². The average Bonchev–Trinajstić information content (AvgIpc) is 2.65. The summed E-state index contributed by atoms with van der Waals surface area (Å²) < 4.78 is 5.64. The van der Waals surface area contributed by atoms with Crippen molar-refractivity contribution in [2.45, 2.75) is 12.5 Å². The standard InChI is InChI=1S/C20H19ClN2O2/c1-20(25-2,15-7-5-8-16(21)12-15)13-22-19(24)18-11-10-14-6-3-4-9-17(14)23-18/h3-12H,13H2,1-2H3,(H,22,24). The molecule has 0 aliphatic rings. The van der Waals surface area contributed by atoms with Crippen LogP contribution in [0.4, 0.5) is 0 Å². The Labute approximate surface area is 151 Å². The van der Waals surface area contributed by atoms with E-state index in [1.165, 1.54) is 0 Å². The van der Waals surface area contributed by atoms with Crippen LogP contribution in [-0.4, -0.2) is 24.5 Å². The second-order valence-electron chi connectivity index (χ2n) is 6.02. The molecule has 0 aliphatic heterocycles. The number of methoxy groups -OCH3 is 1. The monoisotopic (exact) mass is 354 g/mol. The van der Waals surface area contributed by atoms with Crippen molar-refractivity contribution in [3.05, 3.63) is 76.9 Å². The Hall–Kier alpha value is -2.43. The lowest BCUT2D eigenvalue weighted by atomic mass is 9.95. The topological polar surface area (TPSA) is 51.2 Å². The molecule has 3 aromatic rings. The highest BCUT2D eigenvalue weighted by atomic mass is 35.5. The first-order chi connectivity index (χ1) is 12.0. The lowest BCUT2D eigenvalue weighted by Crippen LogP contribution is -2.40. The van der Waals surface area contributed by atoms with Crippen LogP contribution in [0.2, 0.25) is 5.02 Å². The van der Waals surface area contributed by atoms with Gasteiger partial charge in [-0.1, -0.05) is 48.0 Å². The van der Waals surface area contributed by atoms with Gasteiger partial charge in [0, 0.05) is 17.5 Å². The van der Waals surface area contributed by atoms with Crippen LogP contribution in [0.25, 0.3) is 10.9 Å². The van der Waals surface area contributed by atoms with Gasteiger partial charge >= 0.3 is 0 Å². The summed E-state index contributed by atoms with van der Waals surface area (Å²) in [4.78, 5) is 16.9. The predicted molar refractivity (Wildman–Crippen MR) is 99.9 cm³/mol. The molecule has 0 bridgehead atoms. The minimum atomic E-state index is -0.683. The van der Waals surface area contributed by atoms with E-state index in [0.29, 0.717) is 17.3 Å². The van der Waals surface area contributed by atoms with Crippen LogP contribution in [0.1, 0.15) is 23.0 Å². The van der Waals surface area contributed by atoms with Gasteiger partial charge < -0.3 is 10.1 Å². The number of aromatic nitrogens is 1. The van der Waals surface area contributed by atoms with Crippen molar-refractivity contribution in [1.29, 1.82) is 0 Å². The zero-order chi connectivity index (χ0) is 17.9. The van der Waals surface area contributed by atoms with Crippen LogP contribution in [-0.2, 0) is 10.3 Å². The van der Waals surface area contributed by atoms with Gasteiger partial charge in [-0.3, -0.25) is 4.79 Å². The lowest BCUT2D eigenvalue weighted by molar-refractivity contribution is 0.00311. The van der Waals surface area contributed by atoms with Crippen molar-refractivity contribution in [2.24, 2.45) is 0 Å². The Balaban J connectivity index is 1.77. The number of halogens is 1. The second kappa shape index (κ2) is 7.21. The first-order valence-corrected chi connectivity index (χ1v) is 8.35. The lowest BCUT2D eigenvalue weighted by Gasteiger charge is -2.29. The molecule has 0 spiro atoms. The van der Waals surface area contributed by atoms with E-state index in [-0.39, 0.29) is 5.91 Å². The summed E-state index contributed by atoms with van der Waals surface area (Å²) in [5, 5.41) is 4.53. The van der Waals surface area contributed by atoms with Gasteiger partial charge in [-0.15, -0.1) is 0 Å². The molecule has 2 aromatic carbocycles. The highest BCUT2D eigenvalue weighted by Gasteiger charge is 2.27. The van der Waals surface area contributed by atoms with Crippen molar-refractivity contribution < 1.29 is 9.53 Å². The molecule has 0 fully saturated rings. The quantitative estimate of drug-likeness (QED) is 0.747. The fourth-order valence-electron chi connectivity index (χ4n) is 2.64. The van der Waals surface area contributed by atoms with Gasteiger partial charge in [-0.2, -0.15) is 0 Å². The minimum absolute atomic E-state index is 0.240. The van der Waals surface area contributed by atoms with Crippen molar-refractivity contribution in [3.63, 3.8) is 0 Å². The Bertz CT molecular complexity index is 913. The van der Waals surface area contributed by atoms with E-state index in [1.807, 2.05) is 55.5 Å². The van der Waals surface area contributed by atoms with Gasteiger partial charge in [0.2, 0.25) is 0 Å². The molecule has 1 heterocycles. The number of ether oxygens (including phenoxy) is 1. The Morgan fingerprint density at radius 3 is 2.72 bits per heavy atom. The molecule has 25 heavy (non-hydrogen) atoms. The van der Waals surface area contributed by atoms with E-state index in [1.54, 1.807) is 19.2 Å². The third-order valence-electron chi connectivity index (χ3n) is 4.30. The zero-order valence-corrected chi connectivity index (χ0v) is 14.9.